The maximum atomic E-state index is 11.1. The molecule has 1 aromatic rings. The Kier molecular flexibility index (Phi) is 4.76. The van der Waals surface area contributed by atoms with Crippen molar-refractivity contribution in [2.24, 2.45) is 0 Å². The number of unbranched alkanes of at least 4 members (excludes halogenated alkanes) is 2. The molecule has 1 N–H and O–H groups in total. The molecule has 0 aliphatic heterocycles. The molecule has 0 atom stereocenters. The Balaban J connectivity index is 2.82. The highest BCUT2D eigenvalue weighted by atomic mass is 16.4. The third-order valence-electron chi connectivity index (χ3n) is 2.46. The standard InChI is InChI=1S/C12H18N2O2/c1-3-5-6-7-10-11(12(15)16)14(8-4-2)9-13-10/h4,9H,2-3,5-8H2,1H3,(H,15,16). The molecule has 0 aliphatic rings. The van der Waals surface area contributed by atoms with E-state index in [4.69, 9.17) is 5.11 Å². The zero-order valence-electron chi connectivity index (χ0n) is 9.65. The van der Waals surface area contributed by atoms with Gasteiger partial charge >= 0.3 is 5.97 Å². The number of allylic oxidation sites excluding steroid dienone is 1. The second kappa shape index (κ2) is 6.10. The van der Waals surface area contributed by atoms with Gasteiger partial charge in [0.2, 0.25) is 0 Å². The fraction of sp³-hybridized carbons (Fsp3) is 0.500. The molecule has 1 heterocycles. The average molecular weight is 222 g/mol. The van der Waals surface area contributed by atoms with Crippen molar-refractivity contribution in [1.82, 2.24) is 9.55 Å². The second-order valence-electron chi connectivity index (χ2n) is 3.74. The lowest BCUT2D eigenvalue weighted by Crippen LogP contribution is -2.09. The molecule has 0 aromatic carbocycles. The van der Waals surface area contributed by atoms with Crippen LogP contribution in [-0.4, -0.2) is 20.6 Å². The molecule has 0 saturated carbocycles. The zero-order chi connectivity index (χ0) is 12.0. The summed E-state index contributed by atoms with van der Waals surface area (Å²) < 4.78 is 1.62. The van der Waals surface area contributed by atoms with Gasteiger partial charge in [-0.15, -0.1) is 6.58 Å². The first-order chi connectivity index (χ1) is 7.70. The van der Waals surface area contributed by atoms with Crippen LogP contribution in [0.2, 0.25) is 0 Å². The first kappa shape index (κ1) is 12.5. The van der Waals surface area contributed by atoms with Gasteiger partial charge in [0.15, 0.2) is 5.69 Å². The molecule has 0 amide bonds. The van der Waals surface area contributed by atoms with Crippen molar-refractivity contribution in [2.45, 2.75) is 39.2 Å². The molecule has 1 rings (SSSR count). The minimum absolute atomic E-state index is 0.302. The molecule has 88 valence electrons. The molecule has 0 unspecified atom stereocenters. The van der Waals surface area contributed by atoms with Crippen LogP contribution in [0.3, 0.4) is 0 Å². The van der Waals surface area contributed by atoms with Gasteiger partial charge in [-0.25, -0.2) is 9.78 Å². The van der Waals surface area contributed by atoms with Crippen LogP contribution in [0.4, 0.5) is 0 Å². The fourth-order valence-electron chi connectivity index (χ4n) is 1.67. The Bertz CT molecular complexity index is 369. The lowest BCUT2D eigenvalue weighted by molar-refractivity contribution is 0.0684. The molecule has 0 fully saturated rings. The molecule has 0 bridgehead atoms. The fourth-order valence-corrected chi connectivity index (χ4v) is 1.67. The Hall–Kier alpha value is -1.58. The SMILES string of the molecule is C=CCn1cnc(CCCCC)c1C(=O)O. The smallest absolute Gasteiger partial charge is 0.354 e. The quantitative estimate of drug-likeness (QED) is 0.569. The predicted molar refractivity (Wildman–Crippen MR) is 62.6 cm³/mol. The molecule has 4 heteroatoms. The van der Waals surface area contributed by atoms with Gasteiger partial charge in [-0.1, -0.05) is 25.8 Å². The van der Waals surface area contributed by atoms with Gasteiger partial charge in [0.1, 0.15) is 0 Å². The predicted octanol–water partition coefficient (Wildman–Crippen LogP) is 2.50. The molecular formula is C12H18N2O2. The van der Waals surface area contributed by atoms with Crippen LogP contribution in [0.5, 0.6) is 0 Å². The van der Waals surface area contributed by atoms with E-state index in [1.807, 2.05) is 0 Å². The van der Waals surface area contributed by atoms with Gasteiger partial charge in [0.25, 0.3) is 0 Å². The van der Waals surface area contributed by atoms with Crippen molar-refractivity contribution in [3.63, 3.8) is 0 Å². The third-order valence-corrected chi connectivity index (χ3v) is 2.46. The highest BCUT2D eigenvalue weighted by molar-refractivity contribution is 5.87. The van der Waals surface area contributed by atoms with Crippen LogP contribution in [0.15, 0.2) is 19.0 Å². The maximum Gasteiger partial charge on any atom is 0.354 e. The Labute approximate surface area is 95.6 Å². The number of hydrogen-bond donors (Lipinski definition) is 1. The molecule has 16 heavy (non-hydrogen) atoms. The second-order valence-corrected chi connectivity index (χ2v) is 3.74. The third kappa shape index (κ3) is 2.95. The van der Waals surface area contributed by atoms with Crippen LogP contribution in [0.1, 0.15) is 42.4 Å². The highest BCUT2D eigenvalue weighted by Crippen LogP contribution is 2.12. The van der Waals surface area contributed by atoms with Crippen LogP contribution in [-0.2, 0) is 13.0 Å². The summed E-state index contributed by atoms with van der Waals surface area (Å²) in [7, 11) is 0. The number of aryl methyl sites for hydroxylation is 1. The lowest BCUT2D eigenvalue weighted by atomic mass is 10.1. The largest absolute Gasteiger partial charge is 0.477 e. The van der Waals surface area contributed by atoms with E-state index >= 15 is 0 Å². The van der Waals surface area contributed by atoms with E-state index in [1.54, 1.807) is 17.0 Å². The summed E-state index contributed by atoms with van der Waals surface area (Å²) in [6.45, 7) is 6.21. The van der Waals surface area contributed by atoms with Crippen molar-refractivity contribution in [2.75, 3.05) is 0 Å². The number of rotatable bonds is 7. The molecule has 1 aromatic heterocycles. The average Bonchev–Trinajstić information content (AvgIpc) is 2.62. The van der Waals surface area contributed by atoms with Crippen LogP contribution >= 0.6 is 0 Å². The number of carboxylic acids is 1. The van der Waals surface area contributed by atoms with Gasteiger partial charge in [-0.2, -0.15) is 0 Å². The van der Waals surface area contributed by atoms with Gasteiger partial charge in [0, 0.05) is 6.54 Å². The van der Waals surface area contributed by atoms with E-state index in [0.717, 1.165) is 25.7 Å². The Morgan fingerprint density at radius 2 is 2.38 bits per heavy atom. The first-order valence-electron chi connectivity index (χ1n) is 5.58. The number of aromatic nitrogens is 2. The molecule has 0 aliphatic carbocycles. The lowest BCUT2D eigenvalue weighted by Gasteiger charge is -2.03. The van der Waals surface area contributed by atoms with E-state index in [-0.39, 0.29) is 0 Å². The number of carbonyl (C=O) groups is 1. The van der Waals surface area contributed by atoms with Crippen molar-refractivity contribution in [1.29, 1.82) is 0 Å². The molecule has 0 saturated heterocycles. The number of carboxylic acid groups (broad SMARTS) is 1. The van der Waals surface area contributed by atoms with Crippen molar-refractivity contribution in [3.8, 4) is 0 Å². The zero-order valence-corrected chi connectivity index (χ0v) is 9.65. The van der Waals surface area contributed by atoms with Crippen LogP contribution in [0.25, 0.3) is 0 Å². The van der Waals surface area contributed by atoms with Crippen molar-refractivity contribution in [3.05, 3.63) is 30.4 Å². The van der Waals surface area contributed by atoms with Gasteiger partial charge in [0.05, 0.1) is 12.0 Å². The van der Waals surface area contributed by atoms with E-state index in [2.05, 4.69) is 18.5 Å². The summed E-state index contributed by atoms with van der Waals surface area (Å²) in [4.78, 5) is 15.3. The summed E-state index contributed by atoms with van der Waals surface area (Å²) in [6.07, 6.45) is 7.20. The molecule has 0 spiro atoms. The van der Waals surface area contributed by atoms with E-state index in [1.165, 1.54) is 0 Å². The van der Waals surface area contributed by atoms with Crippen LogP contribution < -0.4 is 0 Å². The first-order valence-corrected chi connectivity index (χ1v) is 5.58. The molecule has 4 nitrogen and oxygen atoms in total. The van der Waals surface area contributed by atoms with Gasteiger partial charge in [-0.3, -0.25) is 0 Å². The summed E-state index contributed by atoms with van der Waals surface area (Å²) in [5.41, 5.74) is 0.985. The number of hydrogen-bond acceptors (Lipinski definition) is 2. The van der Waals surface area contributed by atoms with E-state index < -0.39 is 5.97 Å². The summed E-state index contributed by atoms with van der Waals surface area (Å²) >= 11 is 0. The Morgan fingerprint density at radius 1 is 1.62 bits per heavy atom. The molecule has 0 radical (unpaired) electrons. The normalized spacial score (nSPS) is 10.3. The summed E-state index contributed by atoms with van der Waals surface area (Å²) in [6, 6.07) is 0. The number of imidazole rings is 1. The van der Waals surface area contributed by atoms with E-state index in [0.29, 0.717) is 17.9 Å². The summed E-state index contributed by atoms with van der Waals surface area (Å²) in [5, 5.41) is 9.12. The summed E-state index contributed by atoms with van der Waals surface area (Å²) in [5.74, 6) is -0.911. The minimum atomic E-state index is -0.911. The van der Waals surface area contributed by atoms with E-state index in [9.17, 15) is 4.79 Å². The minimum Gasteiger partial charge on any atom is -0.477 e. The molecular weight excluding hydrogens is 204 g/mol. The topological polar surface area (TPSA) is 55.1 Å². The number of aromatic carboxylic acids is 1. The Morgan fingerprint density at radius 3 is 2.94 bits per heavy atom. The highest BCUT2D eigenvalue weighted by Gasteiger charge is 2.16. The maximum absolute atomic E-state index is 11.1. The number of nitrogens with zero attached hydrogens (tertiary/aromatic N) is 2. The van der Waals surface area contributed by atoms with Crippen LogP contribution in [0, 0.1) is 0 Å². The van der Waals surface area contributed by atoms with Crippen molar-refractivity contribution >= 4 is 5.97 Å². The van der Waals surface area contributed by atoms with Gasteiger partial charge in [-0.05, 0) is 12.8 Å². The van der Waals surface area contributed by atoms with Gasteiger partial charge < -0.3 is 9.67 Å². The van der Waals surface area contributed by atoms with Crippen molar-refractivity contribution < 1.29 is 9.90 Å². The monoisotopic (exact) mass is 222 g/mol.